The van der Waals surface area contributed by atoms with Crippen LogP contribution in [0.4, 0.5) is 5.82 Å². The Kier molecular flexibility index (Phi) is 11.6. The predicted molar refractivity (Wildman–Crippen MR) is 208 cm³/mol. The summed E-state index contributed by atoms with van der Waals surface area (Å²) in [6, 6.07) is 22.0. The number of aromatic hydroxyl groups is 1. The molecule has 4 N–H and O–H groups in total. The molecule has 2 aromatic heterocycles. The highest BCUT2D eigenvalue weighted by Crippen LogP contribution is 2.32. The van der Waals surface area contributed by atoms with Crippen LogP contribution in [0.25, 0.3) is 33.4 Å². The summed E-state index contributed by atoms with van der Waals surface area (Å²) in [5, 5.41) is 20.9. The molecule has 7 rings (SSSR count). The van der Waals surface area contributed by atoms with E-state index in [-0.39, 0.29) is 36.8 Å². The Labute approximate surface area is 318 Å². The maximum Gasteiger partial charge on any atom is 0.329 e. The van der Waals surface area contributed by atoms with Crippen LogP contribution in [0.5, 0.6) is 5.75 Å². The molecule has 14 nitrogen and oxygen atoms in total. The normalized spacial score (nSPS) is 16.6. The Morgan fingerprint density at radius 1 is 0.873 bits per heavy atom. The van der Waals surface area contributed by atoms with Crippen molar-refractivity contribution in [1.82, 2.24) is 34.4 Å². The number of aromatic nitrogens is 4. The van der Waals surface area contributed by atoms with Crippen molar-refractivity contribution in [2.24, 2.45) is 7.05 Å². The lowest BCUT2D eigenvalue weighted by atomic mass is 10.0. The lowest BCUT2D eigenvalue weighted by molar-refractivity contribution is -0.135. The first kappa shape index (κ1) is 37.5. The zero-order valence-corrected chi connectivity index (χ0v) is 30.7. The average molecular weight is 745 g/mol. The number of hydrogen-bond acceptors (Lipinski definition) is 11. The maximum absolute atomic E-state index is 13.0. The molecule has 2 aliphatic rings. The maximum atomic E-state index is 13.0. The number of rotatable bonds is 12. The van der Waals surface area contributed by atoms with Gasteiger partial charge in [0.1, 0.15) is 18.4 Å². The van der Waals surface area contributed by atoms with Crippen molar-refractivity contribution in [3.63, 3.8) is 0 Å². The van der Waals surface area contributed by atoms with Crippen molar-refractivity contribution in [2.75, 3.05) is 64.9 Å². The number of anilines is 1. The number of phenols is 1. The van der Waals surface area contributed by atoms with E-state index in [4.69, 9.17) is 15.2 Å². The topological polar surface area (TPSA) is 170 Å². The number of piperidine rings is 1. The molecule has 2 aliphatic heterocycles. The number of aryl methyl sites for hydroxylation is 1. The Balaban J connectivity index is 0.791. The number of nitrogens with two attached hydrogens (primary N) is 1. The highest BCUT2D eigenvalue weighted by molar-refractivity contribution is 6.00. The second-order valence-corrected chi connectivity index (χ2v) is 13.7. The standard InChI is InChI=1S/C41H44N8O6/c1-46-36-25-28(10-13-34(36)49(41(46)53)35-14-15-38(51)43-40(35)52)5-4-21-54-23-24-55-22-20-47-16-18-48(19-17-47)27-29-8-11-30(12-9-29)32-26-33(44-45-39(32)42)31-6-2-3-7-37(31)50/h2-3,6-13,25-26,35,50H,14-24,27H2,1H3,(H2,42,45)(H,43,51,52). The number of piperazine rings is 1. The highest BCUT2D eigenvalue weighted by Gasteiger charge is 2.31. The van der Waals surface area contributed by atoms with Crippen LogP contribution in [0, 0.1) is 11.8 Å². The minimum atomic E-state index is -0.721. The molecule has 1 atom stereocenters. The summed E-state index contributed by atoms with van der Waals surface area (Å²) in [5.74, 6) is 5.80. The van der Waals surface area contributed by atoms with E-state index in [2.05, 4.69) is 61.4 Å². The third kappa shape index (κ3) is 8.77. The third-order valence-corrected chi connectivity index (χ3v) is 10.1. The Hall–Kier alpha value is -5.85. The van der Waals surface area contributed by atoms with Gasteiger partial charge in [0.25, 0.3) is 0 Å². The molecule has 55 heavy (non-hydrogen) atoms. The van der Waals surface area contributed by atoms with E-state index in [0.717, 1.165) is 56.0 Å². The van der Waals surface area contributed by atoms with Crippen molar-refractivity contribution in [3.8, 4) is 40.0 Å². The fourth-order valence-corrected chi connectivity index (χ4v) is 7.02. The van der Waals surface area contributed by atoms with Crippen LogP contribution in [-0.2, 0) is 32.7 Å². The zero-order valence-electron chi connectivity index (χ0n) is 30.7. The molecule has 3 aromatic carbocycles. The molecule has 284 valence electrons. The number of ether oxygens (including phenoxy) is 2. The largest absolute Gasteiger partial charge is 0.507 e. The first-order chi connectivity index (χ1) is 26.7. The first-order valence-electron chi connectivity index (χ1n) is 18.4. The number of nitrogens with zero attached hydrogens (tertiary/aromatic N) is 6. The summed E-state index contributed by atoms with van der Waals surface area (Å²) in [7, 11) is 1.66. The Morgan fingerprint density at radius 3 is 2.42 bits per heavy atom. The van der Waals surface area contributed by atoms with Gasteiger partial charge >= 0.3 is 5.69 Å². The van der Waals surface area contributed by atoms with Crippen molar-refractivity contribution >= 4 is 28.7 Å². The van der Waals surface area contributed by atoms with Crippen LogP contribution in [0.3, 0.4) is 0 Å². The summed E-state index contributed by atoms with van der Waals surface area (Å²) >= 11 is 0. The molecular weight excluding hydrogens is 701 g/mol. The van der Waals surface area contributed by atoms with E-state index < -0.39 is 11.9 Å². The minimum Gasteiger partial charge on any atom is -0.507 e. The van der Waals surface area contributed by atoms with Crippen LogP contribution in [0.15, 0.2) is 77.6 Å². The van der Waals surface area contributed by atoms with Crippen molar-refractivity contribution in [1.29, 1.82) is 0 Å². The summed E-state index contributed by atoms with van der Waals surface area (Å²) in [6.07, 6.45) is 0.484. The number of amides is 2. The van der Waals surface area contributed by atoms with Gasteiger partial charge in [-0.25, -0.2) is 4.79 Å². The number of fused-ring (bicyclic) bond motifs is 1. The van der Waals surface area contributed by atoms with Gasteiger partial charge in [0.15, 0.2) is 5.82 Å². The Bertz CT molecular complexity index is 2300. The average Bonchev–Trinajstić information content (AvgIpc) is 3.43. The molecule has 4 heterocycles. The summed E-state index contributed by atoms with van der Waals surface area (Å²) in [5.41, 5.74) is 12.0. The molecule has 2 fully saturated rings. The number of carbonyl (C=O) groups excluding carboxylic acids is 2. The summed E-state index contributed by atoms with van der Waals surface area (Å²) in [6.45, 7) is 7.43. The van der Waals surface area contributed by atoms with Crippen LogP contribution in [0.2, 0.25) is 0 Å². The highest BCUT2D eigenvalue weighted by atomic mass is 16.5. The van der Waals surface area contributed by atoms with Crippen molar-refractivity contribution < 1.29 is 24.2 Å². The van der Waals surface area contributed by atoms with E-state index in [9.17, 15) is 19.5 Å². The van der Waals surface area contributed by atoms with Crippen LogP contribution < -0.4 is 16.7 Å². The molecule has 0 bridgehead atoms. The van der Waals surface area contributed by atoms with Gasteiger partial charge in [0.05, 0.1) is 36.5 Å². The van der Waals surface area contributed by atoms with Crippen LogP contribution >= 0.6 is 0 Å². The number of imide groups is 1. The fraction of sp³-hybridized carbons (Fsp3) is 0.341. The molecule has 0 radical (unpaired) electrons. The third-order valence-electron chi connectivity index (χ3n) is 10.1. The number of nitrogen functional groups attached to an aromatic ring is 1. The van der Waals surface area contributed by atoms with Crippen molar-refractivity contribution in [3.05, 3.63) is 94.4 Å². The fourth-order valence-electron chi connectivity index (χ4n) is 7.02. The number of para-hydroxylation sites is 1. The lowest BCUT2D eigenvalue weighted by Crippen LogP contribution is -2.46. The van der Waals surface area contributed by atoms with Crippen LogP contribution in [-0.4, -0.2) is 105 Å². The van der Waals surface area contributed by atoms with E-state index >= 15 is 0 Å². The van der Waals surface area contributed by atoms with Gasteiger partial charge in [-0.1, -0.05) is 48.2 Å². The van der Waals surface area contributed by atoms with E-state index in [1.165, 1.54) is 14.7 Å². The second kappa shape index (κ2) is 17.1. The van der Waals surface area contributed by atoms with E-state index in [0.29, 0.717) is 47.9 Å². The number of phenolic OH excluding ortho intramolecular Hbond substituents is 1. The predicted octanol–water partition coefficient (Wildman–Crippen LogP) is 2.93. The SMILES string of the molecule is Cn1c(=O)n(C2CCC(=O)NC2=O)c2ccc(C#CCOCCOCCN3CCN(Cc4ccc(-c5cc(-c6ccccc6O)nnc5N)cc4)CC3)cc21. The number of hydrogen-bond donors (Lipinski definition) is 3. The van der Waals surface area contributed by atoms with Crippen LogP contribution in [0.1, 0.15) is 30.0 Å². The molecule has 0 spiro atoms. The minimum absolute atomic E-state index is 0.146. The number of nitrogens with one attached hydrogen (secondary N) is 1. The van der Waals surface area contributed by atoms with Gasteiger partial charge in [0, 0.05) is 69.4 Å². The van der Waals surface area contributed by atoms with Gasteiger partial charge in [-0.2, -0.15) is 0 Å². The van der Waals surface area contributed by atoms with Gasteiger partial charge in [-0.15, -0.1) is 10.2 Å². The second-order valence-electron chi connectivity index (χ2n) is 13.7. The van der Waals surface area contributed by atoms with Gasteiger partial charge in [-0.3, -0.25) is 33.8 Å². The van der Waals surface area contributed by atoms with E-state index in [1.54, 1.807) is 31.3 Å². The molecular formula is C41H44N8O6. The van der Waals surface area contributed by atoms with E-state index in [1.807, 2.05) is 24.3 Å². The molecule has 5 aromatic rings. The lowest BCUT2D eigenvalue weighted by Gasteiger charge is -2.34. The first-order valence-corrected chi connectivity index (χ1v) is 18.4. The summed E-state index contributed by atoms with van der Waals surface area (Å²) < 4.78 is 14.4. The quantitative estimate of drug-likeness (QED) is 0.0976. The molecule has 2 amide bonds. The molecule has 0 aliphatic carbocycles. The van der Waals surface area contributed by atoms with Gasteiger partial charge < -0.3 is 20.3 Å². The van der Waals surface area contributed by atoms with Crippen molar-refractivity contribution in [2.45, 2.75) is 25.4 Å². The molecule has 14 heteroatoms. The smallest absolute Gasteiger partial charge is 0.329 e. The monoisotopic (exact) mass is 744 g/mol. The zero-order chi connectivity index (χ0) is 38.3. The number of benzene rings is 3. The Morgan fingerprint density at radius 2 is 1.64 bits per heavy atom. The van der Waals surface area contributed by atoms with Gasteiger partial charge in [-0.05, 0) is 53.9 Å². The number of imidazole rings is 1. The molecule has 2 saturated heterocycles. The summed E-state index contributed by atoms with van der Waals surface area (Å²) in [4.78, 5) is 41.8. The van der Waals surface area contributed by atoms with Gasteiger partial charge in [0.2, 0.25) is 11.8 Å². The molecule has 1 unspecified atom stereocenters. The number of carbonyl (C=O) groups is 2. The molecule has 0 saturated carbocycles.